The van der Waals surface area contributed by atoms with Crippen molar-refractivity contribution in [2.24, 2.45) is 5.92 Å². The van der Waals surface area contributed by atoms with Gasteiger partial charge in [0, 0.05) is 12.0 Å². The fourth-order valence-corrected chi connectivity index (χ4v) is 2.56. The second-order valence-corrected chi connectivity index (χ2v) is 5.20. The first-order valence-electron chi connectivity index (χ1n) is 6.96. The molecule has 2 rings (SSSR count). The van der Waals surface area contributed by atoms with Gasteiger partial charge in [0.1, 0.15) is 11.6 Å². The van der Waals surface area contributed by atoms with Gasteiger partial charge in [-0.3, -0.25) is 4.79 Å². The summed E-state index contributed by atoms with van der Waals surface area (Å²) in [7, 11) is 0. The summed E-state index contributed by atoms with van der Waals surface area (Å²) in [5, 5.41) is 11.8. The van der Waals surface area contributed by atoms with Gasteiger partial charge in [0.15, 0.2) is 0 Å². The minimum atomic E-state index is -0.598. The van der Waals surface area contributed by atoms with Gasteiger partial charge in [-0.15, -0.1) is 0 Å². The molecule has 0 saturated heterocycles. The molecule has 0 radical (unpaired) electrons. The number of carbonyl (C=O) groups excluding carboxylic acids is 1. The van der Waals surface area contributed by atoms with E-state index in [2.05, 4.69) is 5.32 Å². The highest BCUT2D eigenvalue weighted by Crippen LogP contribution is 2.25. The van der Waals surface area contributed by atoms with Crippen LogP contribution in [0, 0.1) is 11.7 Å². The van der Waals surface area contributed by atoms with Gasteiger partial charge in [0.2, 0.25) is 5.91 Å². The SMILES string of the molecule is O=C(Nc1ccc(O)cc1F)C1CCCCCCC1. The van der Waals surface area contributed by atoms with Gasteiger partial charge in [0.25, 0.3) is 0 Å². The number of halogens is 1. The fourth-order valence-electron chi connectivity index (χ4n) is 2.56. The standard InChI is InChI=1S/C15H20FNO2/c16-13-10-12(18)8-9-14(13)17-15(19)11-6-4-2-1-3-5-7-11/h8-11,18H,1-7H2,(H,17,19). The summed E-state index contributed by atoms with van der Waals surface area (Å²) in [6.45, 7) is 0. The van der Waals surface area contributed by atoms with Crippen LogP contribution in [0.4, 0.5) is 10.1 Å². The Balaban J connectivity index is 1.98. The van der Waals surface area contributed by atoms with Gasteiger partial charge >= 0.3 is 0 Å². The Bertz CT molecular complexity index is 440. The van der Waals surface area contributed by atoms with Crippen molar-refractivity contribution in [2.75, 3.05) is 5.32 Å². The smallest absolute Gasteiger partial charge is 0.227 e. The zero-order valence-electron chi connectivity index (χ0n) is 11.0. The number of phenols is 1. The quantitative estimate of drug-likeness (QED) is 0.798. The van der Waals surface area contributed by atoms with Crippen molar-refractivity contribution < 1.29 is 14.3 Å². The number of aromatic hydroxyl groups is 1. The van der Waals surface area contributed by atoms with Crippen LogP contribution < -0.4 is 5.32 Å². The molecule has 1 aromatic rings. The Morgan fingerprint density at radius 1 is 1.16 bits per heavy atom. The van der Waals surface area contributed by atoms with E-state index in [0.717, 1.165) is 31.7 Å². The summed E-state index contributed by atoms with van der Waals surface area (Å²) >= 11 is 0. The number of benzene rings is 1. The minimum absolute atomic E-state index is 0.0199. The van der Waals surface area contributed by atoms with Crippen molar-refractivity contribution in [3.8, 4) is 5.75 Å². The molecule has 0 aliphatic heterocycles. The number of rotatable bonds is 2. The highest BCUT2D eigenvalue weighted by atomic mass is 19.1. The zero-order chi connectivity index (χ0) is 13.7. The highest BCUT2D eigenvalue weighted by molar-refractivity contribution is 5.92. The first-order chi connectivity index (χ1) is 9.16. The van der Waals surface area contributed by atoms with Gasteiger partial charge in [-0.05, 0) is 25.0 Å². The Labute approximate surface area is 112 Å². The largest absolute Gasteiger partial charge is 0.508 e. The van der Waals surface area contributed by atoms with E-state index in [-0.39, 0.29) is 23.3 Å². The van der Waals surface area contributed by atoms with Crippen molar-refractivity contribution in [2.45, 2.75) is 44.9 Å². The van der Waals surface area contributed by atoms with Gasteiger partial charge in [-0.2, -0.15) is 0 Å². The lowest BCUT2D eigenvalue weighted by molar-refractivity contribution is -0.120. The Kier molecular flexibility index (Phi) is 4.77. The van der Waals surface area contributed by atoms with Crippen LogP contribution in [0.3, 0.4) is 0 Å². The maximum Gasteiger partial charge on any atom is 0.227 e. The predicted octanol–water partition coefficient (Wildman–Crippen LogP) is 3.83. The molecule has 0 bridgehead atoms. The number of nitrogens with one attached hydrogen (secondary N) is 1. The lowest BCUT2D eigenvalue weighted by Crippen LogP contribution is -2.24. The molecule has 1 aromatic carbocycles. The third-order valence-corrected chi connectivity index (χ3v) is 3.69. The first kappa shape index (κ1) is 13.8. The third kappa shape index (κ3) is 3.94. The molecule has 4 heteroatoms. The van der Waals surface area contributed by atoms with Gasteiger partial charge < -0.3 is 10.4 Å². The first-order valence-corrected chi connectivity index (χ1v) is 6.96. The average Bonchev–Trinajstić information content (AvgIpc) is 2.32. The zero-order valence-corrected chi connectivity index (χ0v) is 11.0. The summed E-state index contributed by atoms with van der Waals surface area (Å²) < 4.78 is 13.5. The fraction of sp³-hybridized carbons (Fsp3) is 0.533. The molecule has 1 amide bonds. The third-order valence-electron chi connectivity index (χ3n) is 3.69. The lowest BCUT2D eigenvalue weighted by Gasteiger charge is -2.19. The molecule has 1 aliphatic carbocycles. The van der Waals surface area contributed by atoms with E-state index in [4.69, 9.17) is 5.11 Å². The maximum atomic E-state index is 13.5. The van der Waals surface area contributed by atoms with Crippen LogP contribution in [0.1, 0.15) is 44.9 Å². The number of anilines is 1. The molecule has 2 N–H and O–H groups in total. The minimum Gasteiger partial charge on any atom is -0.508 e. The second kappa shape index (κ2) is 6.55. The molecule has 0 atom stereocenters. The average molecular weight is 265 g/mol. The molecule has 104 valence electrons. The molecular formula is C15H20FNO2. The van der Waals surface area contributed by atoms with Gasteiger partial charge in [-0.1, -0.05) is 32.1 Å². The second-order valence-electron chi connectivity index (χ2n) is 5.20. The van der Waals surface area contributed by atoms with E-state index in [1.54, 1.807) is 0 Å². The monoisotopic (exact) mass is 265 g/mol. The molecule has 19 heavy (non-hydrogen) atoms. The predicted molar refractivity (Wildman–Crippen MR) is 72.5 cm³/mol. The van der Waals surface area contributed by atoms with Crippen LogP contribution in [-0.4, -0.2) is 11.0 Å². The van der Waals surface area contributed by atoms with Crippen LogP contribution in [0.15, 0.2) is 18.2 Å². The molecule has 1 saturated carbocycles. The molecule has 3 nitrogen and oxygen atoms in total. The van der Waals surface area contributed by atoms with E-state index >= 15 is 0 Å². The summed E-state index contributed by atoms with van der Waals surface area (Å²) in [6.07, 6.45) is 7.50. The molecule has 1 aliphatic rings. The topological polar surface area (TPSA) is 49.3 Å². The number of hydrogen-bond acceptors (Lipinski definition) is 2. The molecule has 0 aromatic heterocycles. The van der Waals surface area contributed by atoms with E-state index in [9.17, 15) is 9.18 Å². The van der Waals surface area contributed by atoms with E-state index in [1.165, 1.54) is 31.4 Å². The van der Waals surface area contributed by atoms with Crippen molar-refractivity contribution in [3.05, 3.63) is 24.0 Å². The molecule has 0 spiro atoms. The van der Waals surface area contributed by atoms with Crippen LogP contribution >= 0.6 is 0 Å². The van der Waals surface area contributed by atoms with Crippen LogP contribution in [-0.2, 0) is 4.79 Å². The van der Waals surface area contributed by atoms with Crippen LogP contribution in [0.5, 0.6) is 5.75 Å². The number of amides is 1. The van der Waals surface area contributed by atoms with Crippen LogP contribution in [0.25, 0.3) is 0 Å². The Hall–Kier alpha value is -1.58. The summed E-state index contributed by atoms with van der Waals surface area (Å²) in [5.74, 6) is -0.861. The Morgan fingerprint density at radius 2 is 1.79 bits per heavy atom. The van der Waals surface area contributed by atoms with Crippen molar-refractivity contribution in [3.63, 3.8) is 0 Å². The highest BCUT2D eigenvalue weighted by Gasteiger charge is 2.20. The number of carbonyl (C=O) groups is 1. The molecule has 1 fully saturated rings. The summed E-state index contributed by atoms with van der Waals surface area (Å²) in [6, 6.07) is 3.77. The van der Waals surface area contributed by atoms with E-state index in [0.29, 0.717) is 0 Å². The maximum absolute atomic E-state index is 13.5. The van der Waals surface area contributed by atoms with Crippen molar-refractivity contribution >= 4 is 11.6 Å². The summed E-state index contributed by atoms with van der Waals surface area (Å²) in [4.78, 5) is 12.1. The lowest BCUT2D eigenvalue weighted by atomic mass is 9.90. The van der Waals surface area contributed by atoms with Gasteiger partial charge in [0.05, 0.1) is 5.69 Å². The Morgan fingerprint density at radius 3 is 2.42 bits per heavy atom. The van der Waals surface area contributed by atoms with Crippen molar-refractivity contribution in [1.29, 1.82) is 0 Å². The van der Waals surface area contributed by atoms with Crippen LogP contribution in [0.2, 0.25) is 0 Å². The van der Waals surface area contributed by atoms with Crippen molar-refractivity contribution in [1.82, 2.24) is 0 Å². The normalized spacial score (nSPS) is 17.5. The molecular weight excluding hydrogens is 245 g/mol. The molecule has 0 unspecified atom stereocenters. The van der Waals surface area contributed by atoms with E-state index in [1.807, 2.05) is 0 Å². The molecule has 0 heterocycles. The number of hydrogen-bond donors (Lipinski definition) is 2. The number of phenolic OH excluding ortho intramolecular Hbond substituents is 1. The summed E-state index contributed by atoms with van der Waals surface area (Å²) in [5.41, 5.74) is 0.143. The van der Waals surface area contributed by atoms with E-state index < -0.39 is 5.82 Å². The van der Waals surface area contributed by atoms with Gasteiger partial charge in [-0.25, -0.2) is 4.39 Å².